The fraction of sp³-hybridized carbons (Fsp3) is 0.0435. The summed E-state index contributed by atoms with van der Waals surface area (Å²) in [6, 6.07) is 22.7. The number of hydrogen-bond donors (Lipinski definition) is 0. The molecule has 0 spiro atoms. The molecule has 0 atom stereocenters. The second-order valence-electron chi connectivity index (χ2n) is 6.22. The Morgan fingerprint density at radius 1 is 1.10 bits per heavy atom. The van der Waals surface area contributed by atoms with E-state index in [-0.39, 0.29) is 12.3 Å². The van der Waals surface area contributed by atoms with Crippen LogP contribution in [0.4, 0.5) is 5.69 Å². The highest BCUT2D eigenvalue weighted by atomic mass is 79.9. The van der Waals surface area contributed by atoms with Crippen LogP contribution in [0.2, 0.25) is 0 Å². The van der Waals surface area contributed by atoms with E-state index in [1.54, 1.807) is 42.5 Å². The molecule has 0 saturated heterocycles. The predicted molar refractivity (Wildman–Crippen MR) is 116 cm³/mol. The molecule has 0 unspecified atom stereocenters. The summed E-state index contributed by atoms with van der Waals surface area (Å²) in [4.78, 5) is 10.3. The van der Waals surface area contributed by atoms with Gasteiger partial charge >= 0.3 is 0 Å². The number of allylic oxidation sites excluding steroid dienone is 1. The summed E-state index contributed by atoms with van der Waals surface area (Å²) in [6.45, 7) is 0.254. The number of benzene rings is 3. The smallest absolute Gasteiger partial charge is 0.269 e. The van der Waals surface area contributed by atoms with E-state index in [1.807, 2.05) is 18.2 Å². The van der Waals surface area contributed by atoms with Gasteiger partial charge in [-0.1, -0.05) is 24.3 Å². The third-order valence-electron chi connectivity index (χ3n) is 4.30. The summed E-state index contributed by atoms with van der Waals surface area (Å²) in [5.41, 5.74) is 3.07. The minimum absolute atomic E-state index is 0.0294. The lowest BCUT2D eigenvalue weighted by Gasteiger charge is -2.10. The Hall–Kier alpha value is -3.94. The average molecular weight is 460 g/mol. The van der Waals surface area contributed by atoms with E-state index in [9.17, 15) is 15.4 Å². The van der Waals surface area contributed by atoms with Crippen molar-refractivity contribution in [1.29, 1.82) is 10.5 Å². The maximum absolute atomic E-state index is 10.8. The van der Waals surface area contributed by atoms with E-state index in [4.69, 9.17) is 10.00 Å². The fourth-order valence-corrected chi connectivity index (χ4v) is 3.26. The molecule has 0 bridgehead atoms. The van der Waals surface area contributed by atoms with Gasteiger partial charge in [-0.05, 0) is 63.5 Å². The second kappa shape index (κ2) is 9.51. The molecule has 7 heteroatoms. The number of halogens is 1. The van der Waals surface area contributed by atoms with Crippen LogP contribution >= 0.6 is 15.9 Å². The molecule has 0 radical (unpaired) electrons. The quantitative estimate of drug-likeness (QED) is 0.198. The lowest BCUT2D eigenvalue weighted by atomic mass is 10.0. The highest BCUT2D eigenvalue weighted by Crippen LogP contribution is 2.29. The van der Waals surface area contributed by atoms with Gasteiger partial charge in [0, 0.05) is 17.7 Å². The van der Waals surface area contributed by atoms with Gasteiger partial charge in [0.15, 0.2) is 0 Å². The number of rotatable bonds is 6. The fourth-order valence-electron chi connectivity index (χ4n) is 2.74. The van der Waals surface area contributed by atoms with Gasteiger partial charge in [0.25, 0.3) is 5.69 Å². The summed E-state index contributed by atoms with van der Waals surface area (Å²) in [7, 11) is 0. The van der Waals surface area contributed by atoms with Crippen LogP contribution in [0.25, 0.3) is 11.6 Å². The van der Waals surface area contributed by atoms with Crippen LogP contribution in [0, 0.1) is 32.8 Å². The lowest BCUT2D eigenvalue weighted by Crippen LogP contribution is -1.98. The molecule has 0 aliphatic carbocycles. The average Bonchev–Trinajstić information content (AvgIpc) is 2.77. The first-order valence-electron chi connectivity index (χ1n) is 8.79. The van der Waals surface area contributed by atoms with Crippen LogP contribution in [0.1, 0.15) is 22.3 Å². The molecule has 3 aromatic rings. The SMILES string of the molecule is N#C/C(=C/c1ccc(OCc2ccccc2C#N)c(Br)c1)c1ccc([N+](=O)[O-])cc1. The minimum Gasteiger partial charge on any atom is -0.488 e. The third kappa shape index (κ3) is 4.91. The first-order chi connectivity index (χ1) is 14.5. The Kier molecular flexibility index (Phi) is 6.59. The van der Waals surface area contributed by atoms with Crippen molar-refractivity contribution < 1.29 is 9.66 Å². The van der Waals surface area contributed by atoms with Gasteiger partial charge in [-0.15, -0.1) is 0 Å². The van der Waals surface area contributed by atoms with Crippen LogP contribution in [0.15, 0.2) is 71.2 Å². The maximum atomic E-state index is 10.8. The van der Waals surface area contributed by atoms with Gasteiger partial charge in [-0.2, -0.15) is 10.5 Å². The van der Waals surface area contributed by atoms with Crippen LogP contribution in [0.5, 0.6) is 5.75 Å². The summed E-state index contributed by atoms with van der Waals surface area (Å²) in [5.74, 6) is 0.605. The van der Waals surface area contributed by atoms with Crippen LogP contribution in [0.3, 0.4) is 0 Å². The van der Waals surface area contributed by atoms with E-state index in [0.29, 0.717) is 26.9 Å². The molecule has 0 fully saturated rings. The molecular formula is C23H14BrN3O3. The van der Waals surface area contributed by atoms with Gasteiger partial charge in [0.05, 0.1) is 32.7 Å². The van der Waals surface area contributed by atoms with Gasteiger partial charge < -0.3 is 4.74 Å². The van der Waals surface area contributed by atoms with E-state index < -0.39 is 4.92 Å². The van der Waals surface area contributed by atoms with Crippen LogP contribution < -0.4 is 4.74 Å². The molecule has 0 saturated carbocycles. The van der Waals surface area contributed by atoms with Crippen LogP contribution in [-0.2, 0) is 6.61 Å². The van der Waals surface area contributed by atoms with Crippen LogP contribution in [-0.4, -0.2) is 4.92 Å². The predicted octanol–water partition coefficient (Wildman–Crippen LogP) is 5.87. The highest BCUT2D eigenvalue weighted by Gasteiger charge is 2.09. The molecule has 0 aliphatic heterocycles. The molecule has 3 rings (SSSR count). The van der Waals surface area contributed by atoms with Gasteiger partial charge in [-0.25, -0.2) is 0 Å². The first kappa shape index (κ1) is 20.8. The Morgan fingerprint density at radius 2 is 1.83 bits per heavy atom. The molecule has 0 aromatic heterocycles. The Labute approximate surface area is 181 Å². The zero-order valence-electron chi connectivity index (χ0n) is 15.6. The molecule has 30 heavy (non-hydrogen) atoms. The van der Waals surface area contributed by atoms with Crippen molar-refractivity contribution in [2.24, 2.45) is 0 Å². The van der Waals surface area contributed by atoms with Gasteiger partial charge in [0.2, 0.25) is 0 Å². The van der Waals surface area contributed by atoms with Crippen molar-refractivity contribution in [2.75, 3.05) is 0 Å². The Bertz CT molecular complexity index is 1210. The van der Waals surface area contributed by atoms with Gasteiger partial charge in [-0.3, -0.25) is 10.1 Å². The topological polar surface area (TPSA) is 99.9 Å². The number of non-ortho nitro benzene ring substituents is 1. The lowest BCUT2D eigenvalue weighted by molar-refractivity contribution is -0.384. The highest BCUT2D eigenvalue weighted by molar-refractivity contribution is 9.10. The summed E-state index contributed by atoms with van der Waals surface area (Å²) >= 11 is 3.47. The minimum atomic E-state index is -0.482. The summed E-state index contributed by atoms with van der Waals surface area (Å²) in [6.07, 6.45) is 1.70. The molecular weight excluding hydrogens is 446 g/mol. The molecule has 0 aliphatic rings. The second-order valence-corrected chi connectivity index (χ2v) is 7.08. The molecule has 6 nitrogen and oxygen atoms in total. The van der Waals surface area contributed by atoms with E-state index >= 15 is 0 Å². The van der Waals surface area contributed by atoms with E-state index in [0.717, 1.165) is 11.1 Å². The normalized spacial score (nSPS) is 10.7. The third-order valence-corrected chi connectivity index (χ3v) is 4.92. The van der Waals surface area contributed by atoms with E-state index in [1.165, 1.54) is 12.1 Å². The molecule has 0 amide bonds. The first-order valence-corrected chi connectivity index (χ1v) is 9.58. The monoisotopic (exact) mass is 459 g/mol. The number of ether oxygens (including phenoxy) is 1. The molecule has 0 N–H and O–H groups in total. The van der Waals surface area contributed by atoms with Crippen molar-refractivity contribution in [3.63, 3.8) is 0 Å². The van der Waals surface area contributed by atoms with Gasteiger partial charge in [0.1, 0.15) is 12.4 Å². The largest absolute Gasteiger partial charge is 0.488 e. The summed E-state index contributed by atoms with van der Waals surface area (Å²) in [5, 5.41) is 29.4. The zero-order chi connectivity index (χ0) is 21.5. The standard InChI is InChI=1S/C23H14BrN3O3/c24-22-12-16(11-20(14-26)17-6-8-21(9-7-17)27(28)29)5-10-23(22)30-15-19-4-2-1-3-18(19)13-25/h1-12H,15H2/b20-11-. The molecule has 0 heterocycles. The van der Waals surface area contributed by atoms with Crippen molar-refractivity contribution in [3.8, 4) is 17.9 Å². The maximum Gasteiger partial charge on any atom is 0.269 e. The number of nitro benzene ring substituents is 1. The molecule has 3 aromatic carbocycles. The Balaban J connectivity index is 1.79. The Morgan fingerprint density at radius 3 is 2.47 bits per heavy atom. The zero-order valence-corrected chi connectivity index (χ0v) is 17.2. The number of hydrogen-bond acceptors (Lipinski definition) is 5. The molecule has 146 valence electrons. The number of nitrogens with zero attached hydrogens (tertiary/aromatic N) is 3. The van der Waals surface area contributed by atoms with Crippen molar-refractivity contribution in [2.45, 2.75) is 6.61 Å². The van der Waals surface area contributed by atoms with Crippen molar-refractivity contribution in [1.82, 2.24) is 0 Å². The van der Waals surface area contributed by atoms with E-state index in [2.05, 4.69) is 28.1 Å². The number of nitro groups is 1. The van der Waals surface area contributed by atoms with Crippen molar-refractivity contribution in [3.05, 3.63) is 104 Å². The summed E-state index contributed by atoms with van der Waals surface area (Å²) < 4.78 is 6.52. The van der Waals surface area contributed by atoms with Crippen molar-refractivity contribution >= 4 is 33.3 Å². The number of nitriles is 2.